The standard InChI is InChI=1S/C12H16N2O5S/c1-14-6-7-19-11-3-2-9(8-10(11)14)20(17,18)13-5-4-12(15)16/h2-3,8,13H,4-7H2,1H3,(H,15,16). The number of rotatable bonds is 5. The number of carbonyl (C=O) groups is 1. The Kier molecular flexibility index (Phi) is 4.15. The fourth-order valence-corrected chi connectivity index (χ4v) is 2.92. The maximum absolute atomic E-state index is 12.0. The molecule has 0 atom stereocenters. The number of aliphatic carboxylic acids is 1. The first-order chi connectivity index (χ1) is 9.40. The van der Waals surface area contributed by atoms with E-state index in [2.05, 4.69) is 4.72 Å². The molecule has 0 fully saturated rings. The average Bonchev–Trinajstić information content (AvgIpc) is 2.38. The fraction of sp³-hybridized carbons (Fsp3) is 0.417. The molecule has 0 bridgehead atoms. The number of hydrogen-bond acceptors (Lipinski definition) is 5. The van der Waals surface area contributed by atoms with E-state index >= 15 is 0 Å². The molecule has 0 amide bonds. The zero-order valence-electron chi connectivity index (χ0n) is 11.0. The van der Waals surface area contributed by atoms with Gasteiger partial charge in [-0.3, -0.25) is 4.79 Å². The molecule has 0 aromatic heterocycles. The number of hydrogen-bond donors (Lipinski definition) is 2. The van der Waals surface area contributed by atoms with Crippen LogP contribution in [0.3, 0.4) is 0 Å². The molecule has 1 aliphatic heterocycles. The molecule has 0 radical (unpaired) electrons. The van der Waals surface area contributed by atoms with E-state index < -0.39 is 16.0 Å². The van der Waals surface area contributed by atoms with Gasteiger partial charge in [0.2, 0.25) is 10.0 Å². The minimum atomic E-state index is -3.71. The fourth-order valence-electron chi connectivity index (χ4n) is 1.87. The van der Waals surface area contributed by atoms with E-state index in [9.17, 15) is 13.2 Å². The first-order valence-corrected chi connectivity index (χ1v) is 7.58. The summed E-state index contributed by atoms with van der Waals surface area (Å²) in [7, 11) is -1.85. The number of ether oxygens (including phenoxy) is 1. The second-order valence-corrected chi connectivity index (χ2v) is 6.21. The lowest BCUT2D eigenvalue weighted by molar-refractivity contribution is -0.136. The van der Waals surface area contributed by atoms with E-state index in [-0.39, 0.29) is 17.9 Å². The molecule has 7 nitrogen and oxygen atoms in total. The predicted molar refractivity (Wildman–Crippen MR) is 72.6 cm³/mol. The summed E-state index contributed by atoms with van der Waals surface area (Å²) in [6.07, 6.45) is -0.257. The summed E-state index contributed by atoms with van der Waals surface area (Å²) in [5.41, 5.74) is 0.706. The van der Waals surface area contributed by atoms with E-state index in [1.165, 1.54) is 12.1 Å². The maximum Gasteiger partial charge on any atom is 0.304 e. The summed E-state index contributed by atoms with van der Waals surface area (Å²) >= 11 is 0. The Hall–Kier alpha value is -1.80. The zero-order valence-corrected chi connectivity index (χ0v) is 11.8. The van der Waals surface area contributed by atoms with Crippen LogP contribution in [-0.2, 0) is 14.8 Å². The lowest BCUT2D eigenvalue weighted by Gasteiger charge is -2.28. The van der Waals surface area contributed by atoms with Crippen LogP contribution in [0.4, 0.5) is 5.69 Å². The van der Waals surface area contributed by atoms with Crippen molar-refractivity contribution in [2.45, 2.75) is 11.3 Å². The number of nitrogens with zero attached hydrogens (tertiary/aromatic N) is 1. The van der Waals surface area contributed by atoms with Crippen LogP contribution in [0.25, 0.3) is 0 Å². The quantitative estimate of drug-likeness (QED) is 0.810. The summed E-state index contributed by atoms with van der Waals surface area (Å²) in [4.78, 5) is 12.4. The minimum absolute atomic E-state index is 0.0963. The second-order valence-electron chi connectivity index (χ2n) is 4.44. The first-order valence-electron chi connectivity index (χ1n) is 6.09. The molecular weight excluding hydrogens is 284 g/mol. The molecule has 2 rings (SSSR count). The number of benzene rings is 1. The maximum atomic E-state index is 12.0. The van der Waals surface area contributed by atoms with Gasteiger partial charge in [-0.25, -0.2) is 13.1 Å². The Morgan fingerprint density at radius 2 is 2.25 bits per heavy atom. The van der Waals surface area contributed by atoms with Gasteiger partial charge in [0.05, 0.1) is 23.5 Å². The molecule has 2 N–H and O–H groups in total. The highest BCUT2D eigenvalue weighted by molar-refractivity contribution is 7.89. The molecule has 1 aliphatic rings. The number of carboxylic acid groups (broad SMARTS) is 1. The van der Waals surface area contributed by atoms with Crippen molar-refractivity contribution in [3.8, 4) is 5.75 Å². The molecule has 1 aromatic carbocycles. The number of fused-ring (bicyclic) bond motifs is 1. The third kappa shape index (κ3) is 3.20. The molecule has 0 saturated heterocycles. The van der Waals surface area contributed by atoms with Crippen LogP contribution in [0.2, 0.25) is 0 Å². The van der Waals surface area contributed by atoms with Gasteiger partial charge in [-0.05, 0) is 18.2 Å². The third-order valence-electron chi connectivity index (χ3n) is 2.97. The number of nitrogens with one attached hydrogen (secondary N) is 1. The van der Waals surface area contributed by atoms with Crippen LogP contribution in [0.15, 0.2) is 23.1 Å². The molecule has 1 aromatic rings. The highest BCUT2D eigenvalue weighted by atomic mass is 32.2. The van der Waals surface area contributed by atoms with Crippen molar-refractivity contribution in [3.63, 3.8) is 0 Å². The second kappa shape index (κ2) is 5.68. The summed E-state index contributed by atoms with van der Waals surface area (Å²) < 4.78 is 31.8. The SMILES string of the molecule is CN1CCOc2ccc(S(=O)(=O)NCCC(=O)O)cc21. The molecule has 0 unspecified atom stereocenters. The van der Waals surface area contributed by atoms with Crippen molar-refractivity contribution in [3.05, 3.63) is 18.2 Å². The van der Waals surface area contributed by atoms with E-state index in [0.717, 1.165) is 0 Å². The van der Waals surface area contributed by atoms with Crippen LogP contribution in [0.1, 0.15) is 6.42 Å². The van der Waals surface area contributed by atoms with Gasteiger partial charge < -0.3 is 14.7 Å². The summed E-state index contributed by atoms with van der Waals surface area (Å²) in [6, 6.07) is 4.58. The van der Waals surface area contributed by atoms with Crippen LogP contribution in [0, 0.1) is 0 Å². The Labute approximate surface area is 117 Å². The van der Waals surface area contributed by atoms with Gasteiger partial charge in [-0.15, -0.1) is 0 Å². The number of sulfonamides is 1. The monoisotopic (exact) mass is 300 g/mol. The number of anilines is 1. The Balaban J connectivity index is 2.20. The molecular formula is C12H16N2O5S. The Morgan fingerprint density at radius 3 is 2.95 bits per heavy atom. The molecule has 110 valence electrons. The lowest BCUT2D eigenvalue weighted by atomic mass is 10.2. The molecule has 0 saturated carbocycles. The smallest absolute Gasteiger partial charge is 0.304 e. The van der Waals surface area contributed by atoms with E-state index in [4.69, 9.17) is 9.84 Å². The lowest BCUT2D eigenvalue weighted by Crippen LogP contribution is -2.30. The molecule has 20 heavy (non-hydrogen) atoms. The van der Waals surface area contributed by atoms with Crippen molar-refractivity contribution in [1.82, 2.24) is 4.72 Å². The molecule has 0 spiro atoms. The van der Waals surface area contributed by atoms with Crippen molar-refractivity contribution in [2.75, 3.05) is 31.6 Å². The van der Waals surface area contributed by atoms with E-state index in [1.54, 1.807) is 6.07 Å². The van der Waals surface area contributed by atoms with Crippen LogP contribution in [-0.4, -0.2) is 46.2 Å². The Bertz CT molecular complexity index is 614. The Morgan fingerprint density at radius 1 is 1.50 bits per heavy atom. The molecule has 1 heterocycles. The van der Waals surface area contributed by atoms with Crippen molar-refractivity contribution in [1.29, 1.82) is 0 Å². The number of carboxylic acids is 1. The largest absolute Gasteiger partial charge is 0.490 e. The normalized spacial score (nSPS) is 14.6. The van der Waals surface area contributed by atoms with Crippen LogP contribution in [0.5, 0.6) is 5.75 Å². The van der Waals surface area contributed by atoms with Gasteiger partial charge in [-0.2, -0.15) is 0 Å². The average molecular weight is 300 g/mol. The van der Waals surface area contributed by atoms with Gasteiger partial charge in [0.15, 0.2) is 0 Å². The third-order valence-corrected chi connectivity index (χ3v) is 4.43. The first kappa shape index (κ1) is 14.6. The van der Waals surface area contributed by atoms with Gasteiger partial charge in [0, 0.05) is 13.6 Å². The topological polar surface area (TPSA) is 95.9 Å². The van der Waals surface area contributed by atoms with E-state index in [1.807, 2.05) is 11.9 Å². The van der Waals surface area contributed by atoms with Crippen LogP contribution >= 0.6 is 0 Å². The number of likely N-dealkylation sites (N-methyl/N-ethyl adjacent to an activating group) is 1. The van der Waals surface area contributed by atoms with Gasteiger partial charge in [0.1, 0.15) is 12.4 Å². The predicted octanol–water partition coefficient (Wildman–Crippen LogP) is 0.268. The molecule has 8 heteroatoms. The van der Waals surface area contributed by atoms with Crippen molar-refractivity contribution < 1.29 is 23.1 Å². The highest BCUT2D eigenvalue weighted by Gasteiger charge is 2.20. The van der Waals surface area contributed by atoms with Crippen LogP contribution < -0.4 is 14.4 Å². The van der Waals surface area contributed by atoms with Crippen molar-refractivity contribution >= 4 is 21.7 Å². The summed E-state index contributed by atoms with van der Waals surface area (Å²) in [5.74, 6) is -0.408. The van der Waals surface area contributed by atoms with E-state index in [0.29, 0.717) is 24.6 Å². The van der Waals surface area contributed by atoms with Gasteiger partial charge in [0.25, 0.3) is 0 Å². The molecule has 0 aliphatic carbocycles. The summed E-state index contributed by atoms with van der Waals surface area (Å²) in [5, 5.41) is 8.52. The van der Waals surface area contributed by atoms with Crippen molar-refractivity contribution in [2.24, 2.45) is 0 Å². The summed E-state index contributed by atoms with van der Waals surface area (Å²) in [6.45, 7) is 1.11. The zero-order chi connectivity index (χ0) is 14.8. The minimum Gasteiger partial charge on any atom is -0.490 e. The van der Waals surface area contributed by atoms with Gasteiger partial charge >= 0.3 is 5.97 Å². The highest BCUT2D eigenvalue weighted by Crippen LogP contribution is 2.32. The van der Waals surface area contributed by atoms with Gasteiger partial charge in [-0.1, -0.05) is 0 Å².